The number of anilines is 1. The lowest BCUT2D eigenvalue weighted by Gasteiger charge is -2.18. The minimum atomic E-state index is -0.887. The van der Waals surface area contributed by atoms with E-state index in [4.69, 9.17) is 10.5 Å². The number of thiazole rings is 1. The zero-order valence-electron chi connectivity index (χ0n) is 18.6. The number of carbonyl (C=O) groups is 3. The van der Waals surface area contributed by atoms with E-state index >= 15 is 0 Å². The molecule has 0 saturated heterocycles. The van der Waals surface area contributed by atoms with Gasteiger partial charge in [0.05, 0.1) is 5.69 Å². The third-order valence-electron chi connectivity index (χ3n) is 5.08. The molecule has 2 heterocycles. The highest BCUT2D eigenvalue weighted by atomic mass is 32.1. The van der Waals surface area contributed by atoms with Gasteiger partial charge >= 0.3 is 6.09 Å². The van der Waals surface area contributed by atoms with Crippen LogP contribution in [-0.2, 0) is 22.6 Å². The first-order valence-corrected chi connectivity index (χ1v) is 11.6. The number of primary amides is 1. The summed E-state index contributed by atoms with van der Waals surface area (Å²) in [6.45, 7) is 0.0894. The normalized spacial score (nSPS) is 11.4. The van der Waals surface area contributed by atoms with Crippen LogP contribution in [0.25, 0.3) is 11.3 Å². The zero-order valence-corrected chi connectivity index (χ0v) is 19.4. The Morgan fingerprint density at radius 1 is 1.03 bits per heavy atom. The number of rotatable bonds is 9. The Morgan fingerprint density at radius 3 is 2.37 bits per heavy atom. The van der Waals surface area contributed by atoms with E-state index in [-0.39, 0.29) is 18.7 Å². The summed E-state index contributed by atoms with van der Waals surface area (Å²) in [6, 6.07) is 19.3. The molecule has 0 bridgehead atoms. The molecule has 9 nitrogen and oxygen atoms in total. The predicted molar refractivity (Wildman–Crippen MR) is 133 cm³/mol. The molecule has 178 valence electrons. The third-order valence-corrected chi connectivity index (χ3v) is 5.84. The Bertz CT molecular complexity index is 1300. The van der Waals surface area contributed by atoms with Gasteiger partial charge in [-0.25, -0.2) is 9.78 Å². The first-order chi connectivity index (χ1) is 17.0. The molecule has 0 aliphatic carbocycles. The van der Waals surface area contributed by atoms with Crippen molar-refractivity contribution in [1.82, 2.24) is 15.3 Å². The Labute approximate surface area is 205 Å². The highest BCUT2D eigenvalue weighted by Crippen LogP contribution is 2.25. The maximum absolute atomic E-state index is 13.1. The quantitative estimate of drug-likeness (QED) is 0.284. The summed E-state index contributed by atoms with van der Waals surface area (Å²) in [4.78, 5) is 44.0. The van der Waals surface area contributed by atoms with Crippen LogP contribution in [0.15, 0.2) is 78.3 Å². The lowest BCUT2D eigenvalue weighted by Crippen LogP contribution is -2.45. The fourth-order valence-electron chi connectivity index (χ4n) is 3.31. The minimum Gasteiger partial charge on any atom is -0.445 e. The third kappa shape index (κ3) is 6.55. The molecule has 4 aromatic rings. The van der Waals surface area contributed by atoms with Crippen LogP contribution in [0.2, 0.25) is 0 Å². The molecule has 2 aromatic heterocycles. The summed E-state index contributed by atoms with van der Waals surface area (Å²) < 4.78 is 5.30. The fourth-order valence-corrected chi connectivity index (χ4v) is 4.03. The number of benzene rings is 2. The number of alkyl carbamates (subject to hydrolysis) is 1. The Kier molecular flexibility index (Phi) is 7.53. The topological polar surface area (TPSA) is 139 Å². The van der Waals surface area contributed by atoms with E-state index in [1.165, 1.54) is 11.3 Å². The number of nitrogens with zero attached hydrogens (tertiary/aromatic N) is 1. The SMILES string of the molecule is NC(=O)c1cc(-c2csc(NC(=O)C(Cc3ccccc3)NC(=O)OCc3ccccc3)n2)c[nH]1. The molecule has 0 fully saturated rings. The molecule has 10 heteroatoms. The summed E-state index contributed by atoms with van der Waals surface area (Å²) in [5, 5.41) is 7.51. The van der Waals surface area contributed by atoms with Crippen LogP contribution in [0, 0.1) is 0 Å². The maximum atomic E-state index is 13.1. The highest BCUT2D eigenvalue weighted by Gasteiger charge is 2.23. The number of carbonyl (C=O) groups excluding carboxylic acids is 3. The predicted octanol–water partition coefficient (Wildman–Crippen LogP) is 3.71. The fraction of sp³-hybridized carbons (Fsp3) is 0.120. The van der Waals surface area contributed by atoms with Crippen LogP contribution in [0.5, 0.6) is 0 Å². The highest BCUT2D eigenvalue weighted by molar-refractivity contribution is 7.14. The molecular weight excluding hydrogens is 466 g/mol. The van der Waals surface area contributed by atoms with E-state index in [0.717, 1.165) is 11.1 Å². The second-order valence-electron chi connectivity index (χ2n) is 7.64. The molecule has 0 aliphatic heterocycles. The number of aromatic nitrogens is 2. The van der Waals surface area contributed by atoms with Crippen molar-refractivity contribution in [1.29, 1.82) is 0 Å². The summed E-state index contributed by atoms with van der Waals surface area (Å²) >= 11 is 1.22. The number of ether oxygens (including phenoxy) is 1. The van der Waals surface area contributed by atoms with Crippen LogP contribution in [-0.4, -0.2) is 33.9 Å². The standard InChI is InChI=1S/C25H23N5O4S/c26-22(31)19-12-18(13-27-19)21-15-35-24(28-21)30-23(32)20(11-16-7-3-1-4-8-16)29-25(33)34-14-17-9-5-2-6-10-17/h1-10,12-13,15,20,27H,11,14H2,(H2,26,31)(H,29,33)(H,28,30,32). The number of nitrogens with one attached hydrogen (secondary N) is 3. The van der Waals surface area contributed by atoms with Crippen molar-refractivity contribution in [3.05, 3.63) is 95.1 Å². The van der Waals surface area contributed by atoms with Crippen molar-refractivity contribution < 1.29 is 19.1 Å². The number of aromatic amines is 1. The lowest BCUT2D eigenvalue weighted by molar-refractivity contribution is -0.118. The monoisotopic (exact) mass is 489 g/mol. The summed E-state index contributed by atoms with van der Waals surface area (Å²) in [6.07, 6.45) is 1.19. The van der Waals surface area contributed by atoms with Gasteiger partial charge in [-0.1, -0.05) is 60.7 Å². The lowest BCUT2D eigenvalue weighted by atomic mass is 10.1. The van der Waals surface area contributed by atoms with Crippen molar-refractivity contribution >= 4 is 34.4 Å². The Balaban J connectivity index is 1.43. The van der Waals surface area contributed by atoms with Gasteiger partial charge in [-0.05, 0) is 17.2 Å². The van der Waals surface area contributed by atoms with Gasteiger partial charge in [0.25, 0.3) is 5.91 Å². The number of nitrogens with two attached hydrogens (primary N) is 1. The van der Waals surface area contributed by atoms with Gasteiger partial charge in [0.15, 0.2) is 5.13 Å². The van der Waals surface area contributed by atoms with Crippen molar-refractivity contribution in [2.24, 2.45) is 5.73 Å². The Morgan fingerprint density at radius 2 is 1.71 bits per heavy atom. The van der Waals surface area contributed by atoms with E-state index in [1.807, 2.05) is 60.7 Å². The summed E-state index contributed by atoms with van der Waals surface area (Å²) in [7, 11) is 0. The molecule has 1 atom stereocenters. The summed E-state index contributed by atoms with van der Waals surface area (Å²) in [5.41, 5.74) is 8.50. The molecule has 0 spiro atoms. The van der Waals surface area contributed by atoms with Crippen molar-refractivity contribution in [3.8, 4) is 11.3 Å². The number of hydrogen-bond acceptors (Lipinski definition) is 6. The van der Waals surface area contributed by atoms with E-state index in [0.29, 0.717) is 16.4 Å². The van der Waals surface area contributed by atoms with Gasteiger partial charge < -0.3 is 26.1 Å². The molecule has 5 N–H and O–H groups in total. The molecule has 1 unspecified atom stereocenters. The second-order valence-corrected chi connectivity index (χ2v) is 8.50. The van der Waals surface area contributed by atoms with Crippen molar-refractivity contribution in [2.45, 2.75) is 19.1 Å². The van der Waals surface area contributed by atoms with Crippen LogP contribution in [0.1, 0.15) is 21.6 Å². The average Bonchev–Trinajstić information content (AvgIpc) is 3.54. The van der Waals surface area contributed by atoms with Crippen LogP contribution in [0.3, 0.4) is 0 Å². The number of amides is 3. The van der Waals surface area contributed by atoms with Gasteiger partial charge in [0.1, 0.15) is 18.3 Å². The molecule has 0 radical (unpaired) electrons. The number of H-pyrrole nitrogens is 1. The van der Waals surface area contributed by atoms with E-state index in [2.05, 4.69) is 20.6 Å². The molecule has 35 heavy (non-hydrogen) atoms. The Hall–Kier alpha value is -4.44. The first-order valence-electron chi connectivity index (χ1n) is 10.7. The minimum absolute atomic E-state index is 0.0894. The van der Waals surface area contributed by atoms with Crippen LogP contribution in [0.4, 0.5) is 9.93 Å². The van der Waals surface area contributed by atoms with Gasteiger partial charge in [0.2, 0.25) is 5.91 Å². The van der Waals surface area contributed by atoms with Gasteiger partial charge in [-0.3, -0.25) is 9.59 Å². The zero-order chi connectivity index (χ0) is 24.6. The van der Waals surface area contributed by atoms with Crippen LogP contribution >= 0.6 is 11.3 Å². The summed E-state index contributed by atoms with van der Waals surface area (Å²) in [5.74, 6) is -1.01. The van der Waals surface area contributed by atoms with Gasteiger partial charge in [-0.15, -0.1) is 11.3 Å². The molecule has 4 rings (SSSR count). The molecule has 0 saturated carbocycles. The smallest absolute Gasteiger partial charge is 0.408 e. The average molecular weight is 490 g/mol. The van der Waals surface area contributed by atoms with Gasteiger partial charge in [0, 0.05) is 23.6 Å². The molecule has 2 aromatic carbocycles. The van der Waals surface area contributed by atoms with E-state index < -0.39 is 23.9 Å². The van der Waals surface area contributed by atoms with Crippen molar-refractivity contribution in [3.63, 3.8) is 0 Å². The maximum Gasteiger partial charge on any atom is 0.408 e. The van der Waals surface area contributed by atoms with E-state index in [9.17, 15) is 14.4 Å². The van der Waals surface area contributed by atoms with E-state index in [1.54, 1.807) is 17.6 Å². The second kappa shape index (κ2) is 11.1. The largest absolute Gasteiger partial charge is 0.445 e. The number of hydrogen-bond donors (Lipinski definition) is 4. The molecule has 3 amide bonds. The first kappa shape index (κ1) is 23.7. The molecular formula is C25H23N5O4S. The van der Waals surface area contributed by atoms with Gasteiger partial charge in [-0.2, -0.15) is 0 Å². The van der Waals surface area contributed by atoms with Crippen molar-refractivity contribution in [2.75, 3.05) is 5.32 Å². The molecule has 0 aliphatic rings. The van der Waals surface area contributed by atoms with Crippen LogP contribution < -0.4 is 16.4 Å².